The van der Waals surface area contributed by atoms with Gasteiger partial charge >= 0.3 is 0 Å². The summed E-state index contributed by atoms with van der Waals surface area (Å²) in [6.45, 7) is 1.77. The van der Waals surface area contributed by atoms with E-state index in [1.54, 1.807) is 19.1 Å². The number of halogens is 1. The molecule has 102 valence electrons. The molecule has 2 rings (SSSR count). The normalized spacial score (nSPS) is 15.7. The van der Waals surface area contributed by atoms with Crippen molar-refractivity contribution in [1.82, 2.24) is 5.32 Å². The highest BCUT2D eigenvalue weighted by Gasteiger charge is 2.25. The van der Waals surface area contributed by atoms with Crippen LogP contribution in [-0.4, -0.2) is 22.9 Å². The van der Waals surface area contributed by atoms with Crippen molar-refractivity contribution in [3.63, 3.8) is 0 Å². The second-order valence-corrected chi connectivity index (χ2v) is 5.73. The Morgan fingerprint density at radius 1 is 1.53 bits per heavy atom. The van der Waals surface area contributed by atoms with Crippen LogP contribution in [0.2, 0.25) is 0 Å². The van der Waals surface area contributed by atoms with Crippen LogP contribution in [0.4, 0.5) is 11.4 Å². The average Bonchev–Trinajstić information content (AvgIpc) is 3.12. The van der Waals surface area contributed by atoms with Crippen molar-refractivity contribution in [2.75, 3.05) is 5.32 Å². The predicted octanol–water partition coefficient (Wildman–Crippen LogP) is 2.28. The van der Waals surface area contributed by atoms with Crippen LogP contribution in [0.25, 0.3) is 0 Å². The molecule has 1 fully saturated rings. The van der Waals surface area contributed by atoms with Crippen LogP contribution in [0.15, 0.2) is 18.2 Å². The number of amides is 1. The van der Waals surface area contributed by atoms with Gasteiger partial charge in [0.15, 0.2) is 0 Å². The first-order chi connectivity index (χ1) is 8.97. The molecule has 1 saturated carbocycles. The van der Waals surface area contributed by atoms with Crippen molar-refractivity contribution in [3.05, 3.63) is 31.9 Å². The SMILES string of the molecule is CC(Nc1ccc([N+](=O)[O-])c(I)c1)C(=O)NC1CC1. The molecule has 1 aliphatic rings. The van der Waals surface area contributed by atoms with Crippen molar-refractivity contribution in [3.8, 4) is 0 Å². The van der Waals surface area contributed by atoms with Gasteiger partial charge in [0.05, 0.1) is 8.49 Å². The number of nitro groups is 1. The zero-order valence-electron chi connectivity index (χ0n) is 10.4. The minimum atomic E-state index is -0.422. The number of nitrogens with one attached hydrogen (secondary N) is 2. The standard InChI is InChI=1S/C12H14IN3O3/c1-7(12(17)15-8-2-3-8)14-9-4-5-11(16(18)19)10(13)6-9/h4-8,14H,2-3H2,1H3,(H,15,17). The Labute approximate surface area is 124 Å². The van der Waals surface area contributed by atoms with Gasteiger partial charge < -0.3 is 10.6 Å². The van der Waals surface area contributed by atoms with Crippen LogP contribution in [0, 0.1) is 13.7 Å². The van der Waals surface area contributed by atoms with E-state index >= 15 is 0 Å². The van der Waals surface area contributed by atoms with Crippen molar-refractivity contribution >= 4 is 39.9 Å². The monoisotopic (exact) mass is 375 g/mol. The van der Waals surface area contributed by atoms with E-state index in [9.17, 15) is 14.9 Å². The number of hydrogen-bond acceptors (Lipinski definition) is 4. The van der Waals surface area contributed by atoms with Gasteiger partial charge in [-0.1, -0.05) is 0 Å². The minimum Gasteiger partial charge on any atom is -0.374 e. The first kappa shape index (κ1) is 14.0. The molecule has 0 radical (unpaired) electrons. The number of carbonyl (C=O) groups excluding carboxylic acids is 1. The molecule has 6 nitrogen and oxygen atoms in total. The van der Waals surface area contributed by atoms with Crippen LogP contribution in [0.5, 0.6) is 0 Å². The molecule has 2 N–H and O–H groups in total. The first-order valence-electron chi connectivity index (χ1n) is 5.98. The summed E-state index contributed by atoms with van der Waals surface area (Å²) in [5, 5.41) is 16.7. The van der Waals surface area contributed by atoms with Crippen molar-refractivity contribution in [1.29, 1.82) is 0 Å². The van der Waals surface area contributed by atoms with E-state index in [1.807, 2.05) is 22.6 Å². The molecule has 7 heteroatoms. The van der Waals surface area contributed by atoms with Gasteiger partial charge in [-0.05, 0) is 54.5 Å². The molecule has 0 bridgehead atoms. The molecule has 0 saturated heterocycles. The molecule has 1 aromatic carbocycles. The zero-order valence-corrected chi connectivity index (χ0v) is 12.5. The zero-order chi connectivity index (χ0) is 14.0. The summed E-state index contributed by atoms with van der Waals surface area (Å²) in [6, 6.07) is 4.68. The van der Waals surface area contributed by atoms with E-state index in [4.69, 9.17) is 0 Å². The van der Waals surface area contributed by atoms with Crippen molar-refractivity contribution in [2.45, 2.75) is 31.8 Å². The van der Waals surface area contributed by atoms with E-state index in [2.05, 4.69) is 10.6 Å². The maximum Gasteiger partial charge on any atom is 0.282 e. The Kier molecular flexibility index (Phi) is 4.23. The molecule has 1 aliphatic carbocycles. The van der Waals surface area contributed by atoms with Gasteiger partial charge in [-0.15, -0.1) is 0 Å². The number of rotatable bonds is 5. The van der Waals surface area contributed by atoms with E-state index in [0.29, 0.717) is 15.3 Å². The molecule has 1 atom stereocenters. The highest BCUT2D eigenvalue weighted by atomic mass is 127. The maximum atomic E-state index is 11.8. The highest BCUT2D eigenvalue weighted by Crippen LogP contribution is 2.24. The summed E-state index contributed by atoms with van der Waals surface area (Å²) in [4.78, 5) is 22.1. The lowest BCUT2D eigenvalue weighted by molar-refractivity contribution is -0.385. The smallest absolute Gasteiger partial charge is 0.282 e. The Morgan fingerprint density at radius 2 is 2.21 bits per heavy atom. The lowest BCUT2D eigenvalue weighted by Crippen LogP contribution is -2.38. The fourth-order valence-electron chi connectivity index (χ4n) is 1.61. The summed E-state index contributed by atoms with van der Waals surface area (Å²) in [5.41, 5.74) is 0.773. The number of carbonyl (C=O) groups is 1. The van der Waals surface area contributed by atoms with Gasteiger partial charge in [0.1, 0.15) is 6.04 Å². The van der Waals surface area contributed by atoms with Crippen LogP contribution >= 0.6 is 22.6 Å². The van der Waals surface area contributed by atoms with Crippen molar-refractivity contribution < 1.29 is 9.72 Å². The van der Waals surface area contributed by atoms with Gasteiger partial charge in [-0.25, -0.2) is 0 Å². The fraction of sp³-hybridized carbons (Fsp3) is 0.417. The Balaban J connectivity index is 1.99. The molecule has 1 aromatic rings. The lowest BCUT2D eigenvalue weighted by atomic mass is 10.2. The van der Waals surface area contributed by atoms with Crippen LogP contribution in [0.3, 0.4) is 0 Å². The lowest BCUT2D eigenvalue weighted by Gasteiger charge is -2.15. The van der Waals surface area contributed by atoms with Crippen molar-refractivity contribution in [2.24, 2.45) is 0 Å². The fourth-order valence-corrected chi connectivity index (χ4v) is 2.33. The maximum absolute atomic E-state index is 11.8. The number of nitro benzene ring substituents is 1. The molecular formula is C12H14IN3O3. The molecule has 0 heterocycles. The molecule has 1 unspecified atom stereocenters. The van der Waals surface area contributed by atoms with E-state index in [1.165, 1.54) is 6.07 Å². The largest absolute Gasteiger partial charge is 0.374 e. The first-order valence-corrected chi connectivity index (χ1v) is 7.06. The molecule has 19 heavy (non-hydrogen) atoms. The van der Waals surface area contributed by atoms with E-state index in [0.717, 1.165) is 12.8 Å². The Morgan fingerprint density at radius 3 is 2.74 bits per heavy atom. The average molecular weight is 375 g/mol. The third kappa shape index (κ3) is 3.79. The quantitative estimate of drug-likeness (QED) is 0.470. The third-order valence-corrected chi connectivity index (χ3v) is 3.71. The highest BCUT2D eigenvalue weighted by molar-refractivity contribution is 14.1. The second kappa shape index (κ2) is 5.72. The number of nitrogens with zero attached hydrogens (tertiary/aromatic N) is 1. The summed E-state index contributed by atoms with van der Waals surface area (Å²) >= 11 is 1.91. The summed E-state index contributed by atoms with van der Waals surface area (Å²) in [6.07, 6.45) is 2.10. The number of hydrogen-bond donors (Lipinski definition) is 2. The topological polar surface area (TPSA) is 84.3 Å². The van der Waals surface area contributed by atoms with Gasteiger partial charge in [0.25, 0.3) is 5.69 Å². The molecule has 0 spiro atoms. The molecule has 0 aromatic heterocycles. The summed E-state index contributed by atoms with van der Waals surface area (Å²) < 4.78 is 0.544. The van der Waals surface area contributed by atoms with Crippen LogP contribution < -0.4 is 10.6 Å². The molecular weight excluding hydrogens is 361 g/mol. The Hall–Kier alpha value is -1.38. The van der Waals surface area contributed by atoms with Gasteiger partial charge in [0, 0.05) is 17.8 Å². The third-order valence-electron chi connectivity index (χ3n) is 2.84. The van der Waals surface area contributed by atoms with Gasteiger partial charge in [0.2, 0.25) is 5.91 Å². The van der Waals surface area contributed by atoms with E-state index < -0.39 is 4.92 Å². The van der Waals surface area contributed by atoms with E-state index in [-0.39, 0.29) is 17.6 Å². The van der Waals surface area contributed by atoms with Gasteiger partial charge in [-0.3, -0.25) is 14.9 Å². The van der Waals surface area contributed by atoms with Crippen LogP contribution in [-0.2, 0) is 4.79 Å². The molecule has 1 amide bonds. The minimum absolute atomic E-state index is 0.0455. The number of benzene rings is 1. The predicted molar refractivity (Wildman–Crippen MR) is 80.1 cm³/mol. The van der Waals surface area contributed by atoms with Gasteiger partial charge in [-0.2, -0.15) is 0 Å². The number of anilines is 1. The summed E-state index contributed by atoms with van der Waals surface area (Å²) in [7, 11) is 0. The molecule has 0 aliphatic heterocycles. The summed E-state index contributed by atoms with van der Waals surface area (Å²) in [5.74, 6) is -0.0455. The second-order valence-electron chi connectivity index (χ2n) is 4.57. The Bertz CT molecular complexity index is 517. The van der Waals surface area contributed by atoms with Crippen LogP contribution in [0.1, 0.15) is 19.8 Å².